The van der Waals surface area contributed by atoms with E-state index >= 15 is 0 Å². The molecular weight excluding hydrogens is 490 g/mol. The molecule has 2 amide bonds. The van der Waals surface area contributed by atoms with E-state index in [0.717, 1.165) is 10.1 Å². The average molecular weight is 520 g/mol. The fraction of sp³-hybridized carbons (Fsp3) is 0.310. The maximum atomic E-state index is 13.7. The molecular formula is C29H30ClN3O4. The van der Waals surface area contributed by atoms with Crippen molar-refractivity contribution >= 4 is 29.2 Å². The number of pyridine rings is 1. The predicted octanol–water partition coefficient (Wildman–Crippen LogP) is 4.21. The molecule has 1 saturated heterocycles. The van der Waals surface area contributed by atoms with Crippen LogP contribution in [0.3, 0.4) is 0 Å². The first-order valence-corrected chi connectivity index (χ1v) is 12.8. The molecule has 1 fully saturated rings. The number of rotatable bonds is 8. The summed E-state index contributed by atoms with van der Waals surface area (Å²) >= 11 is 6.12. The number of Topliss-reactive ketones (excluding diaryl/α,β-unsaturated/α-hetero) is 1. The summed E-state index contributed by atoms with van der Waals surface area (Å²) in [4.78, 5) is 56.5. The van der Waals surface area contributed by atoms with E-state index in [4.69, 9.17) is 11.6 Å². The molecule has 3 aromatic rings. The van der Waals surface area contributed by atoms with Crippen molar-refractivity contribution in [1.29, 1.82) is 0 Å². The second-order valence-electron chi connectivity index (χ2n) is 9.16. The summed E-state index contributed by atoms with van der Waals surface area (Å²) in [5.41, 5.74) is 0.911. The van der Waals surface area contributed by atoms with Gasteiger partial charge in [0, 0.05) is 49.9 Å². The first kappa shape index (κ1) is 26.4. The number of piperidine rings is 1. The van der Waals surface area contributed by atoms with Crippen LogP contribution in [-0.2, 0) is 16.1 Å². The van der Waals surface area contributed by atoms with Gasteiger partial charge in [0.2, 0.25) is 5.91 Å². The molecule has 2 aromatic carbocycles. The molecule has 0 saturated carbocycles. The lowest BCUT2D eigenvalue weighted by atomic mass is 9.93. The molecule has 1 atom stereocenters. The van der Waals surface area contributed by atoms with Gasteiger partial charge in [0.05, 0.1) is 5.02 Å². The van der Waals surface area contributed by atoms with Gasteiger partial charge in [-0.2, -0.15) is 0 Å². The third-order valence-corrected chi connectivity index (χ3v) is 7.01. The predicted molar refractivity (Wildman–Crippen MR) is 142 cm³/mol. The number of likely N-dealkylation sites (tertiary alicyclic amines) is 1. The van der Waals surface area contributed by atoms with Gasteiger partial charge < -0.3 is 9.80 Å². The number of carbonyl (C=O) groups excluding carboxylic acids is 3. The van der Waals surface area contributed by atoms with Gasteiger partial charge in [0.15, 0.2) is 11.8 Å². The lowest BCUT2D eigenvalue weighted by Gasteiger charge is -2.35. The van der Waals surface area contributed by atoms with Crippen molar-refractivity contribution in [2.24, 2.45) is 5.92 Å². The molecule has 0 unspecified atom stereocenters. The number of benzene rings is 2. The summed E-state index contributed by atoms with van der Waals surface area (Å²) < 4.78 is 1.11. The minimum atomic E-state index is -1.37. The van der Waals surface area contributed by atoms with Gasteiger partial charge >= 0.3 is 0 Å². The molecule has 0 aliphatic carbocycles. The minimum absolute atomic E-state index is 0.0708. The molecule has 0 spiro atoms. The molecule has 1 aliphatic heterocycles. The number of amides is 2. The Labute approximate surface area is 221 Å². The Morgan fingerprint density at radius 1 is 0.946 bits per heavy atom. The zero-order chi connectivity index (χ0) is 26.4. The highest BCUT2D eigenvalue weighted by Crippen LogP contribution is 2.25. The highest BCUT2D eigenvalue weighted by molar-refractivity contribution is 6.30. The van der Waals surface area contributed by atoms with Crippen molar-refractivity contribution in [3.63, 3.8) is 0 Å². The van der Waals surface area contributed by atoms with Crippen LogP contribution in [0.5, 0.6) is 0 Å². The van der Waals surface area contributed by atoms with Crippen molar-refractivity contribution in [1.82, 2.24) is 14.4 Å². The summed E-state index contributed by atoms with van der Waals surface area (Å²) in [6.07, 6.45) is 2.31. The molecule has 4 rings (SSSR count). The molecule has 37 heavy (non-hydrogen) atoms. The van der Waals surface area contributed by atoms with Crippen LogP contribution in [0.2, 0.25) is 5.02 Å². The first-order chi connectivity index (χ1) is 17.9. The summed E-state index contributed by atoms with van der Waals surface area (Å²) in [6, 6.07) is 19.6. The summed E-state index contributed by atoms with van der Waals surface area (Å²) in [7, 11) is 0. The van der Waals surface area contributed by atoms with Crippen LogP contribution in [0.15, 0.2) is 83.8 Å². The Kier molecular flexibility index (Phi) is 8.56. The number of hydrogen-bond acceptors (Lipinski definition) is 4. The molecule has 0 radical (unpaired) electrons. The molecule has 8 heteroatoms. The highest BCUT2D eigenvalue weighted by Gasteiger charge is 2.37. The lowest BCUT2D eigenvalue weighted by molar-refractivity contribution is -0.142. The van der Waals surface area contributed by atoms with Gasteiger partial charge in [-0.15, -0.1) is 0 Å². The molecule has 2 heterocycles. The second kappa shape index (κ2) is 12.0. The molecule has 192 valence electrons. The number of hydrogen-bond donors (Lipinski definition) is 0. The van der Waals surface area contributed by atoms with Gasteiger partial charge in [-0.1, -0.05) is 72.3 Å². The van der Waals surface area contributed by atoms with Gasteiger partial charge in [0.25, 0.3) is 11.5 Å². The van der Waals surface area contributed by atoms with Crippen LogP contribution in [0.4, 0.5) is 0 Å². The molecule has 0 N–H and O–H groups in total. The van der Waals surface area contributed by atoms with E-state index in [1.165, 1.54) is 18.3 Å². The molecule has 7 nitrogen and oxygen atoms in total. The van der Waals surface area contributed by atoms with E-state index in [1.54, 1.807) is 35.2 Å². The summed E-state index contributed by atoms with van der Waals surface area (Å²) in [5, 5.41) is 0.251. The van der Waals surface area contributed by atoms with E-state index in [0.29, 0.717) is 44.6 Å². The van der Waals surface area contributed by atoms with E-state index in [-0.39, 0.29) is 16.8 Å². The quantitative estimate of drug-likeness (QED) is 0.330. The average Bonchev–Trinajstić information content (AvgIpc) is 2.94. The Bertz CT molecular complexity index is 1300. The second-order valence-corrected chi connectivity index (χ2v) is 9.60. The van der Waals surface area contributed by atoms with Crippen LogP contribution >= 0.6 is 11.6 Å². The number of ketones is 1. The number of carbonyl (C=O) groups is 3. The third-order valence-electron chi connectivity index (χ3n) is 6.79. The van der Waals surface area contributed by atoms with Crippen LogP contribution < -0.4 is 5.56 Å². The third kappa shape index (κ3) is 6.17. The highest BCUT2D eigenvalue weighted by atomic mass is 35.5. The zero-order valence-corrected chi connectivity index (χ0v) is 21.5. The van der Waals surface area contributed by atoms with Crippen LogP contribution in [0, 0.1) is 5.92 Å². The molecule has 1 aromatic heterocycles. The normalized spacial score (nSPS) is 14.7. The van der Waals surface area contributed by atoms with Gasteiger partial charge in [-0.3, -0.25) is 23.7 Å². The van der Waals surface area contributed by atoms with Crippen molar-refractivity contribution in [3.05, 3.63) is 105 Å². The smallest absolute Gasteiger partial charge is 0.253 e. The van der Waals surface area contributed by atoms with E-state index in [2.05, 4.69) is 0 Å². The molecule has 0 bridgehead atoms. The Morgan fingerprint density at radius 2 is 1.57 bits per heavy atom. The van der Waals surface area contributed by atoms with Crippen molar-refractivity contribution in [2.75, 3.05) is 19.6 Å². The number of halogens is 1. The van der Waals surface area contributed by atoms with E-state index in [1.807, 2.05) is 42.2 Å². The molecule has 1 aliphatic rings. The van der Waals surface area contributed by atoms with Crippen molar-refractivity contribution in [3.8, 4) is 0 Å². The Balaban J connectivity index is 1.50. The summed E-state index contributed by atoms with van der Waals surface area (Å²) in [5.74, 6) is -1.08. The van der Waals surface area contributed by atoms with Crippen LogP contribution in [0.1, 0.15) is 41.7 Å². The fourth-order valence-electron chi connectivity index (χ4n) is 4.72. The van der Waals surface area contributed by atoms with E-state index in [9.17, 15) is 19.2 Å². The lowest BCUT2D eigenvalue weighted by Crippen LogP contribution is -2.48. The minimum Gasteiger partial charge on any atom is -0.340 e. The van der Waals surface area contributed by atoms with Crippen molar-refractivity contribution < 1.29 is 14.4 Å². The maximum absolute atomic E-state index is 13.7. The first-order valence-electron chi connectivity index (χ1n) is 12.5. The fourth-order valence-corrected chi connectivity index (χ4v) is 4.89. The standard InChI is InChI=1S/C29H30ClN3O4/c1-2-31(19-21-9-5-3-6-10-21)28(36)23-15-17-32(18-16-23)29(37)26(27(35)22-11-7-4-8-12-22)33-20-24(30)13-14-25(33)34/h3-14,20,23,26H,2,15-19H2,1H3/t26-/m1/s1. The van der Waals surface area contributed by atoms with Crippen LogP contribution in [0.25, 0.3) is 0 Å². The van der Waals surface area contributed by atoms with E-state index < -0.39 is 23.3 Å². The Morgan fingerprint density at radius 3 is 2.19 bits per heavy atom. The summed E-state index contributed by atoms with van der Waals surface area (Å²) in [6.45, 7) is 3.75. The number of nitrogens with zero attached hydrogens (tertiary/aromatic N) is 3. The topological polar surface area (TPSA) is 79.7 Å². The Hall–Kier alpha value is -3.71. The van der Waals surface area contributed by atoms with Gasteiger partial charge in [-0.25, -0.2) is 0 Å². The number of aromatic nitrogens is 1. The largest absolute Gasteiger partial charge is 0.340 e. The maximum Gasteiger partial charge on any atom is 0.253 e. The van der Waals surface area contributed by atoms with Gasteiger partial charge in [-0.05, 0) is 31.4 Å². The SMILES string of the molecule is CCN(Cc1ccccc1)C(=O)C1CCN(C(=O)[C@@H](C(=O)c2ccccc2)n2cc(Cl)ccc2=O)CC1. The monoisotopic (exact) mass is 519 g/mol. The van der Waals surface area contributed by atoms with Crippen LogP contribution in [-0.4, -0.2) is 51.6 Å². The van der Waals surface area contributed by atoms with Crippen molar-refractivity contribution in [2.45, 2.75) is 32.4 Å². The zero-order valence-electron chi connectivity index (χ0n) is 20.8. The van der Waals surface area contributed by atoms with Gasteiger partial charge in [0.1, 0.15) is 0 Å².